The standard InChI is InChI=1S/C11H19N3O3S/c1-8-4-3-5-14(9(8)2)18(16,17)11-10(7-15)6-12-13-11/h6,8-9,15H,3-5,7H2,1-2H3,(H,12,13). The van der Waals surface area contributed by atoms with Gasteiger partial charge in [-0.1, -0.05) is 6.92 Å². The van der Waals surface area contributed by atoms with Crippen molar-refractivity contribution >= 4 is 10.0 Å². The second-order valence-electron chi connectivity index (χ2n) is 4.86. The molecule has 18 heavy (non-hydrogen) atoms. The molecule has 1 aromatic heterocycles. The van der Waals surface area contributed by atoms with E-state index in [4.69, 9.17) is 5.11 Å². The molecule has 1 aromatic rings. The van der Waals surface area contributed by atoms with Crippen molar-refractivity contribution in [3.05, 3.63) is 11.8 Å². The van der Waals surface area contributed by atoms with E-state index in [0.29, 0.717) is 18.0 Å². The maximum absolute atomic E-state index is 12.5. The fourth-order valence-electron chi connectivity index (χ4n) is 2.39. The Labute approximate surface area is 107 Å². The third-order valence-corrected chi connectivity index (χ3v) is 5.73. The minimum atomic E-state index is -3.59. The van der Waals surface area contributed by atoms with E-state index in [1.54, 1.807) is 0 Å². The summed E-state index contributed by atoms with van der Waals surface area (Å²) in [6, 6.07) is -0.0291. The number of hydrogen-bond acceptors (Lipinski definition) is 4. The van der Waals surface area contributed by atoms with E-state index in [0.717, 1.165) is 12.8 Å². The molecule has 2 N–H and O–H groups in total. The number of aromatic nitrogens is 2. The van der Waals surface area contributed by atoms with Crippen LogP contribution in [0.4, 0.5) is 0 Å². The highest BCUT2D eigenvalue weighted by molar-refractivity contribution is 7.89. The van der Waals surface area contributed by atoms with Crippen molar-refractivity contribution in [1.29, 1.82) is 0 Å². The van der Waals surface area contributed by atoms with Crippen molar-refractivity contribution in [3.8, 4) is 0 Å². The van der Waals surface area contributed by atoms with Gasteiger partial charge in [0.15, 0.2) is 5.03 Å². The van der Waals surface area contributed by atoms with E-state index in [-0.39, 0.29) is 17.7 Å². The highest BCUT2D eigenvalue weighted by Gasteiger charge is 2.36. The molecule has 1 fully saturated rings. The molecular weight excluding hydrogens is 254 g/mol. The van der Waals surface area contributed by atoms with Crippen molar-refractivity contribution in [2.45, 2.75) is 44.4 Å². The van der Waals surface area contributed by atoms with Crippen LogP contribution in [0.3, 0.4) is 0 Å². The summed E-state index contributed by atoms with van der Waals surface area (Å²) < 4.78 is 26.6. The Morgan fingerprint density at radius 1 is 1.56 bits per heavy atom. The quantitative estimate of drug-likeness (QED) is 0.849. The second-order valence-corrected chi connectivity index (χ2v) is 6.69. The van der Waals surface area contributed by atoms with Crippen LogP contribution in [0, 0.1) is 5.92 Å². The number of hydrogen-bond donors (Lipinski definition) is 2. The molecule has 0 radical (unpaired) electrons. The zero-order valence-electron chi connectivity index (χ0n) is 10.6. The van der Waals surface area contributed by atoms with Crippen LogP contribution in [0.2, 0.25) is 0 Å². The number of aliphatic hydroxyl groups is 1. The maximum atomic E-state index is 12.5. The first-order valence-corrected chi connectivity index (χ1v) is 7.57. The van der Waals surface area contributed by atoms with Crippen molar-refractivity contribution in [1.82, 2.24) is 14.5 Å². The SMILES string of the molecule is CC1CCCN(S(=O)(=O)c2[nH]ncc2CO)C1C. The van der Waals surface area contributed by atoms with E-state index < -0.39 is 10.0 Å². The lowest BCUT2D eigenvalue weighted by Crippen LogP contribution is -2.46. The van der Waals surface area contributed by atoms with Crippen LogP contribution in [0.5, 0.6) is 0 Å². The number of nitrogens with zero attached hydrogens (tertiary/aromatic N) is 2. The fourth-order valence-corrected chi connectivity index (χ4v) is 4.26. The average molecular weight is 273 g/mol. The zero-order valence-corrected chi connectivity index (χ0v) is 11.4. The number of aliphatic hydroxyl groups excluding tert-OH is 1. The van der Waals surface area contributed by atoms with Gasteiger partial charge < -0.3 is 5.11 Å². The van der Waals surface area contributed by atoms with Crippen LogP contribution in [-0.2, 0) is 16.6 Å². The summed E-state index contributed by atoms with van der Waals surface area (Å²) in [4.78, 5) is 0. The summed E-state index contributed by atoms with van der Waals surface area (Å²) in [5.41, 5.74) is 0.320. The predicted octanol–water partition coefficient (Wildman–Crippen LogP) is 0.711. The van der Waals surface area contributed by atoms with Gasteiger partial charge in [-0.05, 0) is 25.7 Å². The van der Waals surface area contributed by atoms with Gasteiger partial charge in [0.25, 0.3) is 10.0 Å². The molecule has 1 aliphatic heterocycles. The van der Waals surface area contributed by atoms with Crippen LogP contribution in [0.15, 0.2) is 11.2 Å². The Hall–Kier alpha value is -0.920. The second kappa shape index (κ2) is 4.99. The van der Waals surface area contributed by atoms with E-state index in [2.05, 4.69) is 17.1 Å². The molecule has 0 spiro atoms. The molecule has 1 aliphatic rings. The lowest BCUT2D eigenvalue weighted by molar-refractivity contribution is 0.201. The van der Waals surface area contributed by atoms with Gasteiger partial charge in [0, 0.05) is 18.2 Å². The van der Waals surface area contributed by atoms with Crippen molar-refractivity contribution < 1.29 is 13.5 Å². The number of piperidine rings is 1. The Bertz CT molecular complexity index is 511. The van der Waals surface area contributed by atoms with Crippen LogP contribution >= 0.6 is 0 Å². The molecule has 1 saturated heterocycles. The van der Waals surface area contributed by atoms with Gasteiger partial charge in [-0.15, -0.1) is 0 Å². The predicted molar refractivity (Wildman–Crippen MR) is 66.3 cm³/mol. The summed E-state index contributed by atoms with van der Waals surface area (Å²) in [6.45, 7) is 4.18. The lowest BCUT2D eigenvalue weighted by atomic mass is 9.94. The molecule has 2 rings (SSSR count). The minimum absolute atomic E-state index is 0.0194. The molecule has 0 amide bonds. The molecule has 0 aliphatic carbocycles. The van der Waals surface area contributed by atoms with Crippen LogP contribution in [0.25, 0.3) is 0 Å². The molecule has 0 saturated carbocycles. The smallest absolute Gasteiger partial charge is 0.260 e. The Balaban J connectivity index is 2.36. The topological polar surface area (TPSA) is 86.3 Å². The molecule has 6 nitrogen and oxygen atoms in total. The van der Waals surface area contributed by atoms with Gasteiger partial charge in [-0.2, -0.15) is 9.40 Å². The van der Waals surface area contributed by atoms with Crippen LogP contribution in [-0.4, -0.2) is 40.6 Å². The third kappa shape index (κ3) is 2.17. The number of nitrogens with one attached hydrogen (secondary N) is 1. The van der Waals surface area contributed by atoms with Gasteiger partial charge in [-0.3, -0.25) is 5.10 Å². The Kier molecular flexibility index (Phi) is 3.74. The van der Waals surface area contributed by atoms with E-state index in [1.165, 1.54) is 10.5 Å². The molecule has 2 heterocycles. The number of H-pyrrole nitrogens is 1. The normalized spacial score (nSPS) is 26.4. The van der Waals surface area contributed by atoms with E-state index >= 15 is 0 Å². The molecule has 0 bridgehead atoms. The van der Waals surface area contributed by atoms with Gasteiger partial charge >= 0.3 is 0 Å². The molecule has 2 unspecified atom stereocenters. The highest BCUT2D eigenvalue weighted by Crippen LogP contribution is 2.29. The minimum Gasteiger partial charge on any atom is -0.392 e. The van der Waals surface area contributed by atoms with Crippen molar-refractivity contribution in [3.63, 3.8) is 0 Å². The first kappa shape index (κ1) is 13.5. The first-order chi connectivity index (χ1) is 8.48. The maximum Gasteiger partial charge on any atom is 0.260 e. The first-order valence-electron chi connectivity index (χ1n) is 6.13. The van der Waals surface area contributed by atoms with E-state index in [9.17, 15) is 8.42 Å². The van der Waals surface area contributed by atoms with Crippen LogP contribution < -0.4 is 0 Å². The summed E-state index contributed by atoms with van der Waals surface area (Å²) in [5.74, 6) is 0.342. The van der Waals surface area contributed by atoms with Gasteiger partial charge in [0.2, 0.25) is 0 Å². The molecule has 102 valence electrons. The molecule has 0 aromatic carbocycles. The lowest BCUT2D eigenvalue weighted by Gasteiger charge is -2.36. The number of sulfonamides is 1. The fraction of sp³-hybridized carbons (Fsp3) is 0.727. The molecule has 2 atom stereocenters. The zero-order chi connectivity index (χ0) is 13.3. The summed E-state index contributed by atoms with van der Waals surface area (Å²) in [7, 11) is -3.59. The largest absolute Gasteiger partial charge is 0.392 e. The van der Waals surface area contributed by atoms with Gasteiger partial charge in [-0.25, -0.2) is 8.42 Å². The molecular formula is C11H19N3O3S. The van der Waals surface area contributed by atoms with Crippen molar-refractivity contribution in [2.75, 3.05) is 6.54 Å². The van der Waals surface area contributed by atoms with Gasteiger partial charge in [0.05, 0.1) is 12.8 Å². The monoisotopic (exact) mass is 273 g/mol. The van der Waals surface area contributed by atoms with Crippen molar-refractivity contribution in [2.24, 2.45) is 5.92 Å². The summed E-state index contributed by atoms with van der Waals surface area (Å²) >= 11 is 0. The third-order valence-electron chi connectivity index (χ3n) is 3.73. The summed E-state index contributed by atoms with van der Waals surface area (Å²) in [6.07, 6.45) is 3.27. The summed E-state index contributed by atoms with van der Waals surface area (Å²) in [5, 5.41) is 15.4. The molecule has 7 heteroatoms. The average Bonchev–Trinajstić information content (AvgIpc) is 2.81. The highest BCUT2D eigenvalue weighted by atomic mass is 32.2. The van der Waals surface area contributed by atoms with E-state index in [1.807, 2.05) is 6.92 Å². The van der Waals surface area contributed by atoms with Crippen LogP contribution in [0.1, 0.15) is 32.3 Å². The number of aromatic amines is 1. The Morgan fingerprint density at radius 3 is 2.94 bits per heavy atom. The van der Waals surface area contributed by atoms with Gasteiger partial charge in [0.1, 0.15) is 0 Å². The Morgan fingerprint density at radius 2 is 2.28 bits per heavy atom. The number of rotatable bonds is 3.